The van der Waals surface area contributed by atoms with E-state index in [0.717, 1.165) is 56.1 Å². The zero-order valence-corrected chi connectivity index (χ0v) is 19.5. The number of nitrogens with zero attached hydrogens (tertiary/aromatic N) is 5. The Morgan fingerprint density at radius 3 is 2.87 bits per heavy atom. The summed E-state index contributed by atoms with van der Waals surface area (Å²) in [5, 5.41) is 13.9. The topological polar surface area (TPSA) is 63.5 Å². The number of hydrogen-bond acceptors (Lipinski definition) is 7. The predicted octanol–water partition coefficient (Wildman–Crippen LogP) is 3.51. The number of carbonyl (C=O) groups excluding carboxylic acids is 1. The Morgan fingerprint density at radius 2 is 2.17 bits per heavy atom. The normalized spacial score (nSPS) is 20.1. The smallest absolute Gasteiger partial charge is 0.233 e. The average molecular weight is 450 g/mol. The molecule has 0 saturated carbocycles. The van der Waals surface area contributed by atoms with E-state index in [1.807, 2.05) is 12.4 Å². The molecule has 2 saturated heterocycles. The lowest BCUT2D eigenvalue weighted by Crippen LogP contribution is -2.35. The highest BCUT2D eigenvalue weighted by molar-refractivity contribution is 7.99. The summed E-state index contributed by atoms with van der Waals surface area (Å²) >= 11 is 3.14. The van der Waals surface area contributed by atoms with Gasteiger partial charge in [0.2, 0.25) is 11.9 Å². The predicted molar refractivity (Wildman–Crippen MR) is 121 cm³/mol. The average Bonchev–Trinajstić information content (AvgIpc) is 3.50. The van der Waals surface area contributed by atoms with Crippen molar-refractivity contribution in [3.8, 4) is 0 Å². The number of thiophene rings is 1. The molecule has 9 heteroatoms. The van der Waals surface area contributed by atoms with Crippen molar-refractivity contribution in [1.82, 2.24) is 19.7 Å². The summed E-state index contributed by atoms with van der Waals surface area (Å²) in [7, 11) is 1.86. The van der Waals surface area contributed by atoms with Gasteiger partial charge in [0.25, 0.3) is 0 Å². The van der Waals surface area contributed by atoms with Crippen LogP contribution in [-0.2, 0) is 22.6 Å². The largest absolute Gasteiger partial charge is 0.376 e. The number of hydrogen-bond donors (Lipinski definition) is 0. The molecule has 0 aliphatic carbocycles. The van der Waals surface area contributed by atoms with E-state index in [9.17, 15) is 4.79 Å². The monoisotopic (exact) mass is 449 g/mol. The maximum absolute atomic E-state index is 12.7. The van der Waals surface area contributed by atoms with E-state index in [1.54, 1.807) is 16.2 Å². The molecule has 2 aliphatic heterocycles. The molecule has 2 aromatic heterocycles. The molecule has 164 valence electrons. The van der Waals surface area contributed by atoms with Crippen molar-refractivity contribution < 1.29 is 9.53 Å². The molecule has 0 radical (unpaired) electrons. The molecule has 0 unspecified atom stereocenters. The molecular formula is C21H31N5O2S2. The summed E-state index contributed by atoms with van der Waals surface area (Å²) in [6.07, 6.45) is 4.75. The quantitative estimate of drug-likeness (QED) is 0.575. The molecule has 2 aliphatic rings. The molecule has 0 N–H and O–H groups in total. The number of carbonyl (C=O) groups is 1. The summed E-state index contributed by atoms with van der Waals surface area (Å²) in [6, 6.07) is 2.06. The summed E-state index contributed by atoms with van der Waals surface area (Å²) in [4.78, 5) is 16.8. The van der Waals surface area contributed by atoms with Crippen LogP contribution >= 0.6 is 23.1 Å². The van der Waals surface area contributed by atoms with Crippen LogP contribution in [0, 0.1) is 5.92 Å². The highest BCUT2D eigenvalue weighted by Crippen LogP contribution is 2.28. The van der Waals surface area contributed by atoms with Gasteiger partial charge in [-0.15, -0.1) is 10.2 Å². The minimum absolute atomic E-state index is 0.103. The Kier molecular flexibility index (Phi) is 7.32. The first kappa shape index (κ1) is 21.6. The van der Waals surface area contributed by atoms with E-state index >= 15 is 0 Å². The van der Waals surface area contributed by atoms with Gasteiger partial charge < -0.3 is 14.5 Å². The van der Waals surface area contributed by atoms with Crippen LogP contribution in [0.2, 0.25) is 0 Å². The van der Waals surface area contributed by atoms with Crippen LogP contribution in [-0.4, -0.2) is 64.2 Å². The fourth-order valence-electron chi connectivity index (χ4n) is 3.96. The van der Waals surface area contributed by atoms with E-state index in [4.69, 9.17) is 4.74 Å². The zero-order valence-electron chi connectivity index (χ0n) is 17.8. The van der Waals surface area contributed by atoms with E-state index < -0.39 is 0 Å². The molecular weight excluding hydrogens is 418 g/mol. The van der Waals surface area contributed by atoms with Crippen LogP contribution in [0.3, 0.4) is 0 Å². The minimum atomic E-state index is 0.103. The molecule has 1 amide bonds. The van der Waals surface area contributed by atoms with Crippen molar-refractivity contribution in [1.29, 1.82) is 0 Å². The van der Waals surface area contributed by atoms with Crippen molar-refractivity contribution in [3.63, 3.8) is 0 Å². The standard InChI is InChI=1S/C21H31N5O2S2/c1-16-5-8-25(9-6-16)20-22-23-21(26(20)13-18-4-3-10-28-18)30-15-19(27)24(2)12-17-7-11-29-14-17/h7,11,14,16,18H,3-6,8-10,12-13,15H2,1-2H3/t18-/m1/s1. The number of piperidine rings is 1. The molecule has 0 spiro atoms. The maximum Gasteiger partial charge on any atom is 0.233 e. The van der Waals surface area contributed by atoms with Gasteiger partial charge >= 0.3 is 0 Å². The number of rotatable bonds is 8. The number of anilines is 1. The van der Waals surface area contributed by atoms with Gasteiger partial charge in [0.1, 0.15) is 0 Å². The minimum Gasteiger partial charge on any atom is -0.376 e. The third-order valence-corrected chi connectivity index (χ3v) is 7.61. The van der Waals surface area contributed by atoms with Gasteiger partial charge in [0.05, 0.1) is 18.4 Å². The molecule has 0 bridgehead atoms. The Hall–Kier alpha value is -1.58. The van der Waals surface area contributed by atoms with Gasteiger partial charge in [-0.2, -0.15) is 11.3 Å². The van der Waals surface area contributed by atoms with E-state index in [1.165, 1.54) is 30.2 Å². The van der Waals surface area contributed by atoms with Crippen molar-refractivity contribution in [2.75, 3.05) is 37.4 Å². The van der Waals surface area contributed by atoms with Crippen LogP contribution in [0.4, 0.5) is 5.95 Å². The summed E-state index contributed by atoms with van der Waals surface area (Å²) in [5.74, 6) is 2.16. The molecule has 2 aromatic rings. The van der Waals surface area contributed by atoms with Crippen molar-refractivity contribution in [2.45, 2.75) is 57.0 Å². The molecule has 30 heavy (non-hydrogen) atoms. The van der Waals surface area contributed by atoms with E-state index in [0.29, 0.717) is 12.3 Å². The number of aromatic nitrogens is 3. The highest BCUT2D eigenvalue weighted by Gasteiger charge is 2.26. The second kappa shape index (κ2) is 10.2. The van der Waals surface area contributed by atoms with Crippen molar-refractivity contribution in [3.05, 3.63) is 22.4 Å². The highest BCUT2D eigenvalue weighted by atomic mass is 32.2. The second-order valence-electron chi connectivity index (χ2n) is 8.37. The van der Waals surface area contributed by atoms with Crippen molar-refractivity contribution in [2.24, 2.45) is 5.92 Å². The van der Waals surface area contributed by atoms with Crippen LogP contribution < -0.4 is 4.90 Å². The first-order valence-corrected chi connectivity index (χ1v) is 12.7. The number of ether oxygens (including phenoxy) is 1. The second-order valence-corrected chi connectivity index (χ2v) is 10.1. The number of amides is 1. The van der Waals surface area contributed by atoms with Gasteiger partial charge in [0.15, 0.2) is 5.16 Å². The van der Waals surface area contributed by atoms with Crippen molar-refractivity contribution >= 4 is 35.0 Å². The molecule has 4 heterocycles. The van der Waals surface area contributed by atoms with Gasteiger partial charge in [0, 0.05) is 33.3 Å². The van der Waals surface area contributed by atoms with Gasteiger partial charge in [-0.1, -0.05) is 18.7 Å². The Morgan fingerprint density at radius 1 is 1.33 bits per heavy atom. The summed E-state index contributed by atoms with van der Waals surface area (Å²) in [6.45, 7) is 6.57. The van der Waals surface area contributed by atoms with Gasteiger partial charge in [-0.25, -0.2) is 0 Å². The van der Waals surface area contributed by atoms with Gasteiger partial charge in [-0.3, -0.25) is 9.36 Å². The van der Waals surface area contributed by atoms with E-state index in [2.05, 4.69) is 38.0 Å². The number of thioether (sulfide) groups is 1. The Bertz CT molecular complexity index is 811. The molecule has 2 fully saturated rings. The fraction of sp³-hybridized carbons (Fsp3) is 0.667. The molecule has 1 atom stereocenters. The van der Waals surface area contributed by atoms with Crippen LogP contribution in [0.15, 0.2) is 22.0 Å². The molecule has 0 aromatic carbocycles. The lowest BCUT2D eigenvalue weighted by Gasteiger charge is -2.31. The lowest BCUT2D eigenvalue weighted by atomic mass is 10.00. The third-order valence-electron chi connectivity index (χ3n) is 5.92. The third kappa shape index (κ3) is 5.36. The van der Waals surface area contributed by atoms with Crippen LogP contribution in [0.1, 0.15) is 38.2 Å². The Balaban J connectivity index is 1.42. The van der Waals surface area contributed by atoms with Gasteiger partial charge in [-0.05, 0) is 54.0 Å². The van der Waals surface area contributed by atoms with Crippen LogP contribution in [0.25, 0.3) is 0 Å². The van der Waals surface area contributed by atoms with E-state index in [-0.39, 0.29) is 12.0 Å². The molecule has 4 rings (SSSR count). The fourth-order valence-corrected chi connectivity index (χ4v) is 5.51. The first-order valence-electron chi connectivity index (χ1n) is 10.8. The van der Waals surface area contributed by atoms with Crippen LogP contribution in [0.5, 0.6) is 0 Å². The summed E-state index contributed by atoms with van der Waals surface area (Å²) in [5.41, 5.74) is 1.17. The SMILES string of the molecule is CC1CCN(c2nnc(SCC(=O)N(C)Cc3ccsc3)n2C[C@H]2CCCO2)CC1. The molecule has 7 nitrogen and oxygen atoms in total. The first-order chi connectivity index (χ1) is 14.6. The lowest BCUT2D eigenvalue weighted by molar-refractivity contribution is -0.127. The summed E-state index contributed by atoms with van der Waals surface area (Å²) < 4.78 is 8.07. The Labute approximate surface area is 186 Å². The zero-order chi connectivity index (χ0) is 20.9. The maximum atomic E-state index is 12.7.